The third-order valence-electron chi connectivity index (χ3n) is 2.29. The summed E-state index contributed by atoms with van der Waals surface area (Å²) in [4.78, 5) is 11.8. The third-order valence-corrected chi connectivity index (χ3v) is 2.29. The van der Waals surface area contributed by atoms with Crippen LogP contribution in [0.2, 0.25) is 0 Å². The maximum absolute atomic E-state index is 5.60. The topological polar surface area (TPSA) is 92.4 Å². The van der Waals surface area contributed by atoms with E-state index in [2.05, 4.69) is 15.0 Å². The second-order valence-corrected chi connectivity index (χ2v) is 3.62. The summed E-state index contributed by atoms with van der Waals surface area (Å²) in [5.74, 6) is 0. The van der Waals surface area contributed by atoms with Gasteiger partial charge in [-0.05, 0) is 17.7 Å². The number of nitrogen functional groups attached to an aromatic ring is 1. The van der Waals surface area contributed by atoms with E-state index in [1.807, 2.05) is 12.1 Å². The van der Waals surface area contributed by atoms with Crippen LogP contribution in [0.3, 0.4) is 0 Å². The van der Waals surface area contributed by atoms with E-state index in [9.17, 15) is 0 Å². The molecular formula is C12H14N4O3. The first-order valence-corrected chi connectivity index (χ1v) is 5.52. The molecule has 1 aromatic carbocycles. The summed E-state index contributed by atoms with van der Waals surface area (Å²) < 4.78 is 15.3. The highest BCUT2D eigenvalue weighted by Gasteiger charge is 2.08. The standard InChI is InChI=1S/C12H14N4O3/c1-17-10-14-11(18-2)16-12(15-10)19-7-8-3-5-9(13)6-4-8/h3-6H,7,13H2,1-2H3. The van der Waals surface area contributed by atoms with Crippen LogP contribution in [-0.2, 0) is 6.61 Å². The van der Waals surface area contributed by atoms with Gasteiger partial charge < -0.3 is 19.9 Å². The monoisotopic (exact) mass is 262 g/mol. The average Bonchev–Trinajstić information content (AvgIpc) is 2.46. The van der Waals surface area contributed by atoms with Gasteiger partial charge in [0.05, 0.1) is 14.2 Å². The number of benzene rings is 1. The molecule has 0 aliphatic carbocycles. The maximum Gasteiger partial charge on any atom is 0.326 e. The van der Waals surface area contributed by atoms with Gasteiger partial charge in [-0.25, -0.2) is 0 Å². The molecule has 0 aliphatic heterocycles. The fraction of sp³-hybridized carbons (Fsp3) is 0.250. The van der Waals surface area contributed by atoms with Crippen molar-refractivity contribution in [1.82, 2.24) is 15.0 Å². The molecule has 2 aromatic rings. The molecule has 0 aliphatic rings. The van der Waals surface area contributed by atoms with Crippen molar-refractivity contribution in [3.63, 3.8) is 0 Å². The molecule has 0 saturated carbocycles. The number of hydrogen-bond donors (Lipinski definition) is 1. The quantitative estimate of drug-likeness (QED) is 0.805. The predicted molar refractivity (Wildman–Crippen MR) is 68.1 cm³/mol. The van der Waals surface area contributed by atoms with E-state index in [4.69, 9.17) is 19.9 Å². The third kappa shape index (κ3) is 3.44. The van der Waals surface area contributed by atoms with Gasteiger partial charge in [0.25, 0.3) is 0 Å². The Morgan fingerprint density at radius 3 is 1.95 bits per heavy atom. The fourth-order valence-electron chi connectivity index (χ4n) is 1.33. The molecule has 1 heterocycles. The molecule has 0 spiro atoms. The Labute approximate surface area is 110 Å². The maximum atomic E-state index is 5.60. The number of rotatable bonds is 5. The summed E-state index contributed by atoms with van der Waals surface area (Å²) in [6, 6.07) is 7.75. The highest BCUT2D eigenvalue weighted by atomic mass is 16.5. The van der Waals surface area contributed by atoms with Gasteiger partial charge in [-0.2, -0.15) is 0 Å². The minimum atomic E-state index is 0.138. The first-order chi connectivity index (χ1) is 9.21. The second kappa shape index (κ2) is 5.85. The number of nitrogens with zero attached hydrogens (tertiary/aromatic N) is 3. The van der Waals surface area contributed by atoms with Gasteiger partial charge in [-0.3, -0.25) is 0 Å². The van der Waals surface area contributed by atoms with E-state index in [1.165, 1.54) is 14.2 Å². The Morgan fingerprint density at radius 1 is 0.895 bits per heavy atom. The Morgan fingerprint density at radius 2 is 1.42 bits per heavy atom. The summed E-state index contributed by atoms with van der Waals surface area (Å²) in [6.45, 7) is 0.316. The van der Waals surface area contributed by atoms with Crippen LogP contribution in [0.4, 0.5) is 5.69 Å². The van der Waals surface area contributed by atoms with Gasteiger partial charge in [-0.1, -0.05) is 12.1 Å². The van der Waals surface area contributed by atoms with Gasteiger partial charge in [0.1, 0.15) is 6.61 Å². The normalized spacial score (nSPS) is 10.0. The van der Waals surface area contributed by atoms with Crippen LogP contribution in [0.1, 0.15) is 5.56 Å². The van der Waals surface area contributed by atoms with Gasteiger partial charge >= 0.3 is 18.0 Å². The minimum Gasteiger partial charge on any atom is -0.467 e. The van der Waals surface area contributed by atoms with E-state index in [-0.39, 0.29) is 18.0 Å². The summed E-state index contributed by atoms with van der Waals surface area (Å²) in [7, 11) is 2.91. The Bertz CT molecular complexity index is 523. The van der Waals surface area contributed by atoms with Crippen molar-refractivity contribution in [2.24, 2.45) is 0 Å². The summed E-state index contributed by atoms with van der Waals surface area (Å²) in [5, 5.41) is 0. The smallest absolute Gasteiger partial charge is 0.326 e. The van der Waals surface area contributed by atoms with E-state index in [0.717, 1.165) is 5.56 Å². The van der Waals surface area contributed by atoms with Gasteiger partial charge in [-0.15, -0.1) is 15.0 Å². The molecule has 2 N–H and O–H groups in total. The van der Waals surface area contributed by atoms with Gasteiger partial charge in [0, 0.05) is 5.69 Å². The average molecular weight is 262 g/mol. The molecule has 7 nitrogen and oxygen atoms in total. The van der Waals surface area contributed by atoms with Crippen molar-refractivity contribution >= 4 is 5.69 Å². The lowest BCUT2D eigenvalue weighted by atomic mass is 10.2. The van der Waals surface area contributed by atoms with Crippen molar-refractivity contribution in [3.05, 3.63) is 29.8 Å². The molecule has 0 bridgehead atoms. The van der Waals surface area contributed by atoms with Crippen LogP contribution < -0.4 is 19.9 Å². The molecule has 0 atom stereocenters. The molecule has 0 fully saturated rings. The first kappa shape index (κ1) is 12.9. The van der Waals surface area contributed by atoms with E-state index in [1.54, 1.807) is 12.1 Å². The Balaban J connectivity index is 2.08. The lowest BCUT2D eigenvalue weighted by Gasteiger charge is -2.07. The molecule has 0 radical (unpaired) electrons. The van der Waals surface area contributed by atoms with Crippen LogP contribution >= 0.6 is 0 Å². The van der Waals surface area contributed by atoms with Crippen molar-refractivity contribution in [2.45, 2.75) is 6.61 Å². The van der Waals surface area contributed by atoms with Crippen molar-refractivity contribution in [1.29, 1.82) is 0 Å². The van der Waals surface area contributed by atoms with Crippen molar-refractivity contribution in [3.8, 4) is 18.0 Å². The zero-order chi connectivity index (χ0) is 13.7. The van der Waals surface area contributed by atoms with E-state index < -0.39 is 0 Å². The summed E-state index contributed by atoms with van der Waals surface area (Å²) in [5.41, 5.74) is 7.26. The van der Waals surface area contributed by atoms with Crippen molar-refractivity contribution in [2.75, 3.05) is 20.0 Å². The number of nitrogens with two attached hydrogens (primary N) is 1. The van der Waals surface area contributed by atoms with Crippen LogP contribution in [0.15, 0.2) is 24.3 Å². The lowest BCUT2D eigenvalue weighted by Crippen LogP contribution is -2.04. The number of ether oxygens (including phenoxy) is 3. The fourth-order valence-corrected chi connectivity index (χ4v) is 1.33. The Kier molecular flexibility index (Phi) is 3.97. The number of hydrogen-bond acceptors (Lipinski definition) is 7. The van der Waals surface area contributed by atoms with Crippen LogP contribution in [0, 0.1) is 0 Å². The molecule has 7 heteroatoms. The molecule has 100 valence electrons. The predicted octanol–water partition coefficient (Wildman–Crippen LogP) is 1.05. The SMILES string of the molecule is COc1nc(OC)nc(OCc2ccc(N)cc2)n1. The van der Waals surface area contributed by atoms with Crippen LogP contribution in [0.25, 0.3) is 0 Å². The van der Waals surface area contributed by atoms with Gasteiger partial charge in [0.2, 0.25) is 0 Å². The van der Waals surface area contributed by atoms with Crippen molar-refractivity contribution < 1.29 is 14.2 Å². The number of aromatic nitrogens is 3. The van der Waals surface area contributed by atoms with Gasteiger partial charge in [0.15, 0.2) is 0 Å². The molecule has 19 heavy (non-hydrogen) atoms. The molecule has 0 unspecified atom stereocenters. The minimum absolute atomic E-state index is 0.138. The molecular weight excluding hydrogens is 248 g/mol. The summed E-state index contributed by atoms with van der Waals surface area (Å²) >= 11 is 0. The zero-order valence-electron chi connectivity index (χ0n) is 10.7. The molecule has 0 amide bonds. The largest absolute Gasteiger partial charge is 0.467 e. The molecule has 2 rings (SSSR count). The van der Waals surface area contributed by atoms with E-state index in [0.29, 0.717) is 12.3 Å². The highest BCUT2D eigenvalue weighted by molar-refractivity contribution is 5.39. The van der Waals surface area contributed by atoms with Crippen LogP contribution in [-0.4, -0.2) is 29.2 Å². The molecule has 1 aromatic heterocycles. The Hall–Kier alpha value is -2.57. The van der Waals surface area contributed by atoms with Crippen LogP contribution in [0.5, 0.6) is 18.0 Å². The molecule has 0 saturated heterocycles. The highest BCUT2D eigenvalue weighted by Crippen LogP contribution is 2.15. The lowest BCUT2D eigenvalue weighted by molar-refractivity contribution is 0.258. The second-order valence-electron chi connectivity index (χ2n) is 3.62. The van der Waals surface area contributed by atoms with E-state index >= 15 is 0 Å². The first-order valence-electron chi connectivity index (χ1n) is 5.52. The number of methoxy groups -OCH3 is 2. The zero-order valence-corrected chi connectivity index (χ0v) is 10.7. The number of anilines is 1. The summed E-state index contributed by atoms with van der Waals surface area (Å²) in [6.07, 6.45) is 0.